The SMILES string of the molecule is C[C@H](NC(=O)Cc1csc2nc(-c3ccc(F)cc3)cn12)c1ccc(F)c(F)c1. The summed E-state index contributed by atoms with van der Waals surface area (Å²) < 4.78 is 41.4. The molecule has 1 N–H and O–H groups in total. The van der Waals surface area contributed by atoms with Crippen molar-refractivity contribution in [1.29, 1.82) is 0 Å². The van der Waals surface area contributed by atoms with E-state index in [1.54, 1.807) is 25.3 Å². The molecule has 0 spiro atoms. The normalized spacial score (nSPS) is 12.3. The van der Waals surface area contributed by atoms with Crippen LogP contribution in [0, 0.1) is 17.5 Å². The summed E-state index contributed by atoms with van der Waals surface area (Å²) in [4.78, 5) is 17.7. The lowest BCUT2D eigenvalue weighted by molar-refractivity contribution is -0.121. The zero-order valence-corrected chi connectivity index (χ0v) is 16.1. The molecule has 148 valence electrons. The molecule has 4 rings (SSSR count). The van der Waals surface area contributed by atoms with Crippen molar-refractivity contribution < 1.29 is 18.0 Å². The van der Waals surface area contributed by atoms with Crippen LogP contribution in [-0.2, 0) is 11.2 Å². The van der Waals surface area contributed by atoms with Crippen LogP contribution in [0.2, 0.25) is 0 Å². The Morgan fingerprint density at radius 1 is 1.14 bits per heavy atom. The number of carbonyl (C=O) groups is 1. The van der Waals surface area contributed by atoms with E-state index in [2.05, 4.69) is 10.3 Å². The van der Waals surface area contributed by atoms with Gasteiger partial charge in [0.25, 0.3) is 0 Å². The molecule has 2 heterocycles. The number of carbonyl (C=O) groups excluding carboxylic acids is 1. The van der Waals surface area contributed by atoms with E-state index in [4.69, 9.17) is 0 Å². The Bertz CT molecular complexity index is 1180. The molecule has 0 aliphatic heterocycles. The van der Waals surface area contributed by atoms with Gasteiger partial charge in [0, 0.05) is 22.8 Å². The molecule has 8 heteroatoms. The second kappa shape index (κ2) is 7.71. The first-order chi connectivity index (χ1) is 13.9. The summed E-state index contributed by atoms with van der Waals surface area (Å²) in [6.07, 6.45) is 1.91. The maximum absolute atomic E-state index is 13.4. The molecule has 0 bridgehead atoms. The number of halogens is 3. The molecule has 0 fully saturated rings. The summed E-state index contributed by atoms with van der Waals surface area (Å²) in [5, 5.41) is 4.64. The van der Waals surface area contributed by atoms with Crippen LogP contribution in [0.15, 0.2) is 54.0 Å². The number of hydrogen-bond acceptors (Lipinski definition) is 3. The van der Waals surface area contributed by atoms with Gasteiger partial charge in [-0.1, -0.05) is 6.07 Å². The number of benzene rings is 2. The van der Waals surface area contributed by atoms with Crippen LogP contribution in [-0.4, -0.2) is 15.3 Å². The predicted molar refractivity (Wildman–Crippen MR) is 105 cm³/mol. The summed E-state index contributed by atoms with van der Waals surface area (Å²) in [5.74, 6) is -2.44. The topological polar surface area (TPSA) is 46.4 Å². The zero-order valence-electron chi connectivity index (χ0n) is 15.3. The zero-order chi connectivity index (χ0) is 20.5. The molecule has 1 atom stereocenters. The molecule has 2 aromatic heterocycles. The number of fused-ring (bicyclic) bond motifs is 1. The second-order valence-electron chi connectivity index (χ2n) is 6.65. The van der Waals surface area contributed by atoms with Gasteiger partial charge in [0.2, 0.25) is 5.91 Å². The minimum absolute atomic E-state index is 0.104. The molecular formula is C21H16F3N3OS. The standard InChI is InChI=1S/C21H16F3N3OS/c1-12(14-4-7-17(23)18(24)8-14)25-20(28)9-16-11-29-21-26-19(10-27(16)21)13-2-5-15(22)6-3-13/h2-8,10-12H,9H2,1H3,(H,25,28)/t12-/m0/s1. The van der Waals surface area contributed by atoms with Crippen LogP contribution in [0.1, 0.15) is 24.2 Å². The van der Waals surface area contributed by atoms with Gasteiger partial charge in [0.15, 0.2) is 16.6 Å². The molecule has 2 aromatic carbocycles. The summed E-state index contributed by atoms with van der Waals surface area (Å²) in [6, 6.07) is 9.13. The monoisotopic (exact) mass is 415 g/mol. The van der Waals surface area contributed by atoms with Crippen LogP contribution >= 0.6 is 11.3 Å². The third-order valence-electron chi connectivity index (χ3n) is 4.59. The van der Waals surface area contributed by atoms with E-state index < -0.39 is 17.7 Å². The summed E-state index contributed by atoms with van der Waals surface area (Å²) in [7, 11) is 0. The maximum Gasteiger partial charge on any atom is 0.226 e. The molecular weight excluding hydrogens is 399 g/mol. The Kier molecular flexibility index (Phi) is 5.10. The van der Waals surface area contributed by atoms with Crippen LogP contribution < -0.4 is 5.32 Å². The van der Waals surface area contributed by atoms with Gasteiger partial charge in [-0.3, -0.25) is 9.20 Å². The fraction of sp³-hybridized carbons (Fsp3) is 0.143. The Labute approximate surface area is 168 Å². The summed E-state index contributed by atoms with van der Waals surface area (Å²) in [6.45, 7) is 1.71. The van der Waals surface area contributed by atoms with E-state index in [0.717, 1.165) is 28.4 Å². The summed E-state index contributed by atoms with van der Waals surface area (Å²) in [5.41, 5.74) is 2.70. The molecule has 0 saturated heterocycles. The fourth-order valence-corrected chi connectivity index (χ4v) is 3.91. The van der Waals surface area contributed by atoms with Gasteiger partial charge < -0.3 is 5.32 Å². The van der Waals surface area contributed by atoms with E-state index in [-0.39, 0.29) is 18.1 Å². The van der Waals surface area contributed by atoms with Crippen LogP contribution in [0.4, 0.5) is 13.2 Å². The molecule has 0 unspecified atom stereocenters. The van der Waals surface area contributed by atoms with Crippen molar-refractivity contribution in [1.82, 2.24) is 14.7 Å². The first-order valence-electron chi connectivity index (χ1n) is 8.86. The molecule has 4 nitrogen and oxygen atoms in total. The van der Waals surface area contributed by atoms with Crippen molar-refractivity contribution in [2.24, 2.45) is 0 Å². The second-order valence-corrected chi connectivity index (χ2v) is 7.49. The van der Waals surface area contributed by atoms with Gasteiger partial charge in [-0.25, -0.2) is 18.2 Å². The summed E-state index contributed by atoms with van der Waals surface area (Å²) >= 11 is 1.40. The van der Waals surface area contributed by atoms with Crippen LogP contribution in [0.5, 0.6) is 0 Å². The van der Waals surface area contributed by atoms with Gasteiger partial charge >= 0.3 is 0 Å². The number of nitrogens with one attached hydrogen (secondary N) is 1. The minimum Gasteiger partial charge on any atom is -0.349 e. The highest BCUT2D eigenvalue weighted by Crippen LogP contribution is 2.24. The Morgan fingerprint density at radius 2 is 1.90 bits per heavy atom. The van der Waals surface area contributed by atoms with Crippen LogP contribution in [0.3, 0.4) is 0 Å². The molecule has 4 aromatic rings. The minimum atomic E-state index is -0.949. The highest BCUT2D eigenvalue weighted by Gasteiger charge is 2.16. The van der Waals surface area contributed by atoms with Gasteiger partial charge in [-0.05, 0) is 48.9 Å². The Morgan fingerprint density at radius 3 is 2.62 bits per heavy atom. The molecule has 0 saturated carbocycles. The lowest BCUT2D eigenvalue weighted by Crippen LogP contribution is -2.28. The number of nitrogens with zero attached hydrogens (tertiary/aromatic N) is 2. The van der Waals surface area contributed by atoms with E-state index in [9.17, 15) is 18.0 Å². The van der Waals surface area contributed by atoms with Gasteiger partial charge in [-0.2, -0.15) is 0 Å². The number of aromatic nitrogens is 2. The number of thiazole rings is 1. The van der Waals surface area contributed by atoms with E-state index in [1.165, 1.54) is 29.5 Å². The van der Waals surface area contributed by atoms with Gasteiger partial charge in [0.05, 0.1) is 18.2 Å². The van der Waals surface area contributed by atoms with E-state index in [1.807, 2.05) is 9.78 Å². The number of amides is 1. The first kappa shape index (κ1) is 19.2. The Balaban J connectivity index is 1.49. The van der Waals surface area contributed by atoms with E-state index in [0.29, 0.717) is 11.3 Å². The average molecular weight is 415 g/mol. The van der Waals surface area contributed by atoms with Crippen molar-refractivity contribution in [3.8, 4) is 11.3 Å². The average Bonchev–Trinajstić information content (AvgIpc) is 3.26. The number of rotatable bonds is 5. The van der Waals surface area contributed by atoms with Crippen molar-refractivity contribution >= 4 is 22.2 Å². The Hall–Kier alpha value is -3.13. The van der Waals surface area contributed by atoms with Crippen LogP contribution in [0.25, 0.3) is 16.2 Å². The van der Waals surface area contributed by atoms with Crippen molar-refractivity contribution in [3.63, 3.8) is 0 Å². The number of imidazole rings is 1. The van der Waals surface area contributed by atoms with Crippen molar-refractivity contribution in [3.05, 3.63) is 82.8 Å². The molecule has 0 radical (unpaired) electrons. The molecule has 29 heavy (non-hydrogen) atoms. The third kappa shape index (κ3) is 4.02. The van der Waals surface area contributed by atoms with Crippen molar-refractivity contribution in [2.75, 3.05) is 0 Å². The highest BCUT2D eigenvalue weighted by molar-refractivity contribution is 7.15. The predicted octanol–water partition coefficient (Wildman–Crippen LogP) is 4.90. The lowest BCUT2D eigenvalue weighted by atomic mass is 10.1. The van der Waals surface area contributed by atoms with E-state index >= 15 is 0 Å². The maximum atomic E-state index is 13.4. The quantitative estimate of drug-likeness (QED) is 0.504. The highest BCUT2D eigenvalue weighted by atomic mass is 32.1. The molecule has 1 amide bonds. The molecule has 0 aliphatic rings. The smallest absolute Gasteiger partial charge is 0.226 e. The fourth-order valence-electron chi connectivity index (χ4n) is 3.04. The van der Waals surface area contributed by atoms with Crippen molar-refractivity contribution in [2.45, 2.75) is 19.4 Å². The third-order valence-corrected chi connectivity index (χ3v) is 5.47. The lowest BCUT2D eigenvalue weighted by Gasteiger charge is -2.14. The largest absolute Gasteiger partial charge is 0.349 e. The first-order valence-corrected chi connectivity index (χ1v) is 9.74. The van der Waals surface area contributed by atoms with Gasteiger partial charge in [0.1, 0.15) is 5.82 Å². The van der Waals surface area contributed by atoms with Gasteiger partial charge in [-0.15, -0.1) is 11.3 Å². The molecule has 0 aliphatic carbocycles. The number of hydrogen-bond donors (Lipinski definition) is 1.